The maximum absolute atomic E-state index is 13.8. The molecular formula is C13H11BrF2O. The highest BCUT2D eigenvalue weighted by Gasteiger charge is 2.19. The largest absolute Gasteiger partial charge is 0.469 e. The lowest BCUT2D eigenvalue weighted by atomic mass is 10.0. The van der Waals surface area contributed by atoms with Crippen LogP contribution in [0.4, 0.5) is 8.78 Å². The van der Waals surface area contributed by atoms with Crippen LogP contribution in [0, 0.1) is 25.5 Å². The molecule has 0 aliphatic carbocycles. The van der Waals surface area contributed by atoms with Gasteiger partial charge in [-0.3, -0.25) is 0 Å². The molecule has 90 valence electrons. The Morgan fingerprint density at radius 1 is 1.12 bits per heavy atom. The highest BCUT2D eigenvalue weighted by molar-refractivity contribution is 9.09. The lowest BCUT2D eigenvalue weighted by Crippen LogP contribution is -1.99. The van der Waals surface area contributed by atoms with Crippen LogP contribution in [0.5, 0.6) is 0 Å². The van der Waals surface area contributed by atoms with Gasteiger partial charge in [-0.05, 0) is 37.6 Å². The van der Waals surface area contributed by atoms with Crippen molar-refractivity contribution in [3.63, 3.8) is 0 Å². The van der Waals surface area contributed by atoms with E-state index >= 15 is 0 Å². The average Bonchev–Trinajstić information content (AvgIpc) is 2.69. The van der Waals surface area contributed by atoms with Crippen molar-refractivity contribution in [3.8, 4) is 0 Å². The van der Waals surface area contributed by atoms with Crippen molar-refractivity contribution in [1.29, 1.82) is 0 Å². The Morgan fingerprint density at radius 3 is 2.41 bits per heavy atom. The number of alkyl halides is 1. The molecule has 17 heavy (non-hydrogen) atoms. The van der Waals surface area contributed by atoms with E-state index in [1.165, 1.54) is 25.3 Å². The summed E-state index contributed by atoms with van der Waals surface area (Å²) in [5.74, 6) is -0.148. The summed E-state index contributed by atoms with van der Waals surface area (Å²) in [6.07, 6.45) is 1.53. The molecule has 0 bridgehead atoms. The molecule has 1 unspecified atom stereocenters. The number of aryl methyl sites for hydroxylation is 2. The van der Waals surface area contributed by atoms with Crippen molar-refractivity contribution < 1.29 is 13.2 Å². The van der Waals surface area contributed by atoms with Gasteiger partial charge in [0.25, 0.3) is 0 Å². The zero-order valence-electron chi connectivity index (χ0n) is 9.43. The second-order valence-electron chi connectivity index (χ2n) is 3.92. The molecule has 0 saturated heterocycles. The van der Waals surface area contributed by atoms with Crippen LogP contribution in [0.1, 0.15) is 27.3 Å². The molecule has 1 aromatic carbocycles. The van der Waals surface area contributed by atoms with Crippen molar-refractivity contribution in [3.05, 3.63) is 58.5 Å². The third-order valence-electron chi connectivity index (χ3n) is 2.72. The minimum Gasteiger partial charge on any atom is -0.469 e. The lowest BCUT2D eigenvalue weighted by molar-refractivity contribution is 0.529. The van der Waals surface area contributed by atoms with Crippen LogP contribution in [0.25, 0.3) is 0 Å². The molecule has 0 N–H and O–H groups in total. The van der Waals surface area contributed by atoms with Crippen LogP contribution in [0.2, 0.25) is 0 Å². The summed E-state index contributed by atoms with van der Waals surface area (Å²) in [7, 11) is 0. The SMILES string of the molecule is Cc1cc(F)c(C(Br)c2ccoc2C)cc1F. The molecule has 0 saturated carbocycles. The van der Waals surface area contributed by atoms with Crippen molar-refractivity contribution in [1.82, 2.24) is 0 Å². The van der Waals surface area contributed by atoms with Gasteiger partial charge in [-0.2, -0.15) is 0 Å². The quantitative estimate of drug-likeness (QED) is 0.735. The van der Waals surface area contributed by atoms with Crippen LogP contribution in [0.3, 0.4) is 0 Å². The second kappa shape index (κ2) is 4.61. The minimum absolute atomic E-state index is 0.276. The van der Waals surface area contributed by atoms with Crippen LogP contribution in [-0.4, -0.2) is 0 Å². The topological polar surface area (TPSA) is 13.1 Å². The molecule has 4 heteroatoms. The zero-order valence-corrected chi connectivity index (χ0v) is 11.0. The third kappa shape index (κ3) is 2.27. The maximum Gasteiger partial charge on any atom is 0.128 e. The van der Waals surface area contributed by atoms with E-state index in [4.69, 9.17) is 4.42 Å². The van der Waals surface area contributed by atoms with E-state index in [0.29, 0.717) is 11.3 Å². The van der Waals surface area contributed by atoms with Crippen LogP contribution in [0.15, 0.2) is 28.9 Å². The first-order chi connectivity index (χ1) is 8.00. The third-order valence-corrected chi connectivity index (χ3v) is 3.71. The molecule has 1 atom stereocenters. The summed E-state index contributed by atoms with van der Waals surface area (Å²) in [4.78, 5) is -0.406. The van der Waals surface area contributed by atoms with Crippen LogP contribution < -0.4 is 0 Å². The lowest BCUT2D eigenvalue weighted by Gasteiger charge is -2.11. The second-order valence-corrected chi connectivity index (χ2v) is 4.83. The van der Waals surface area contributed by atoms with Crippen molar-refractivity contribution >= 4 is 15.9 Å². The molecule has 1 heterocycles. The Labute approximate surface area is 107 Å². The average molecular weight is 301 g/mol. The highest BCUT2D eigenvalue weighted by Crippen LogP contribution is 2.35. The Hall–Kier alpha value is -1.16. The Balaban J connectivity index is 2.48. The van der Waals surface area contributed by atoms with E-state index < -0.39 is 16.5 Å². The summed E-state index contributed by atoms with van der Waals surface area (Å²) in [6.45, 7) is 3.32. The van der Waals surface area contributed by atoms with Crippen LogP contribution in [-0.2, 0) is 0 Å². The van der Waals surface area contributed by atoms with Gasteiger partial charge in [-0.25, -0.2) is 8.78 Å². The van der Waals surface area contributed by atoms with Gasteiger partial charge in [0.2, 0.25) is 0 Å². The van der Waals surface area contributed by atoms with E-state index in [1.54, 1.807) is 13.0 Å². The predicted octanol–water partition coefficient (Wildman–Crippen LogP) is 4.66. The summed E-state index contributed by atoms with van der Waals surface area (Å²) in [5, 5.41) is 0. The van der Waals surface area contributed by atoms with Gasteiger partial charge in [-0.15, -0.1) is 0 Å². The smallest absolute Gasteiger partial charge is 0.128 e. The van der Waals surface area contributed by atoms with Crippen molar-refractivity contribution in [2.24, 2.45) is 0 Å². The van der Waals surface area contributed by atoms with Gasteiger partial charge < -0.3 is 4.42 Å². The number of halogens is 3. The van der Waals surface area contributed by atoms with Gasteiger partial charge in [0.1, 0.15) is 17.4 Å². The molecule has 0 aliphatic rings. The monoisotopic (exact) mass is 300 g/mol. The summed E-state index contributed by atoms with van der Waals surface area (Å²) >= 11 is 3.37. The van der Waals surface area contributed by atoms with Crippen molar-refractivity contribution in [2.45, 2.75) is 18.7 Å². The molecule has 2 rings (SSSR count). The van der Waals surface area contributed by atoms with Gasteiger partial charge in [0.15, 0.2) is 0 Å². The minimum atomic E-state index is -0.425. The van der Waals surface area contributed by atoms with Crippen molar-refractivity contribution in [2.75, 3.05) is 0 Å². The van der Waals surface area contributed by atoms with E-state index in [2.05, 4.69) is 15.9 Å². The summed E-state index contributed by atoms with van der Waals surface area (Å²) in [6, 6.07) is 4.16. The summed E-state index contributed by atoms with van der Waals surface area (Å²) in [5.41, 5.74) is 1.37. The van der Waals surface area contributed by atoms with Gasteiger partial charge in [0, 0.05) is 11.1 Å². The molecule has 0 amide bonds. The van der Waals surface area contributed by atoms with E-state index in [-0.39, 0.29) is 5.56 Å². The fourth-order valence-electron chi connectivity index (χ4n) is 1.68. The predicted molar refractivity (Wildman–Crippen MR) is 65.3 cm³/mol. The molecule has 0 radical (unpaired) electrons. The first-order valence-corrected chi connectivity index (χ1v) is 6.06. The summed E-state index contributed by atoms with van der Waals surface area (Å²) < 4.78 is 32.4. The molecular weight excluding hydrogens is 290 g/mol. The molecule has 1 nitrogen and oxygen atoms in total. The fourth-order valence-corrected chi connectivity index (χ4v) is 2.51. The Kier molecular flexibility index (Phi) is 3.33. The van der Waals surface area contributed by atoms with E-state index in [1.807, 2.05) is 0 Å². The normalized spacial score (nSPS) is 12.8. The van der Waals surface area contributed by atoms with E-state index in [9.17, 15) is 8.78 Å². The number of benzene rings is 1. The first kappa shape index (κ1) is 12.3. The number of hydrogen-bond donors (Lipinski definition) is 0. The Morgan fingerprint density at radius 2 is 1.82 bits per heavy atom. The highest BCUT2D eigenvalue weighted by atomic mass is 79.9. The standard InChI is InChI=1S/C13H11BrF2O/c1-7-5-12(16)10(6-11(7)15)13(14)9-3-4-17-8(9)2/h3-6,13H,1-2H3. The fraction of sp³-hybridized carbons (Fsp3) is 0.231. The van der Waals surface area contributed by atoms with E-state index in [0.717, 1.165) is 5.56 Å². The molecule has 1 aromatic heterocycles. The first-order valence-electron chi connectivity index (χ1n) is 5.14. The molecule has 0 spiro atoms. The van der Waals surface area contributed by atoms with Crippen LogP contribution >= 0.6 is 15.9 Å². The number of furan rings is 1. The van der Waals surface area contributed by atoms with Gasteiger partial charge in [-0.1, -0.05) is 15.9 Å². The zero-order chi connectivity index (χ0) is 12.6. The van der Waals surface area contributed by atoms with Gasteiger partial charge in [0.05, 0.1) is 11.1 Å². The molecule has 0 aliphatic heterocycles. The molecule has 2 aromatic rings. The Bertz CT molecular complexity index is 548. The number of hydrogen-bond acceptors (Lipinski definition) is 1. The number of rotatable bonds is 2. The molecule has 0 fully saturated rings. The van der Waals surface area contributed by atoms with Gasteiger partial charge >= 0.3 is 0 Å². The maximum atomic E-state index is 13.8.